The van der Waals surface area contributed by atoms with Crippen LogP contribution in [0.25, 0.3) is 22.4 Å². The average Bonchev–Trinajstić information content (AvgIpc) is 3.09. The van der Waals surface area contributed by atoms with E-state index in [9.17, 15) is 13.2 Å². The van der Waals surface area contributed by atoms with E-state index in [1.165, 1.54) is 25.6 Å². The normalized spacial score (nSPS) is 12.9. The molecule has 0 spiro atoms. The van der Waals surface area contributed by atoms with Crippen LogP contribution in [0.2, 0.25) is 0 Å². The SMILES string of the molecule is C=CC(CCC)n1c(CC)nc2c(-c3ccc(OC)cc3C(F)(F)F)ncnc21. The Balaban J connectivity index is 2.31. The second-order valence-electron chi connectivity index (χ2n) is 6.65. The number of hydrogen-bond acceptors (Lipinski definition) is 4. The molecule has 0 saturated carbocycles. The maximum atomic E-state index is 13.7. The van der Waals surface area contributed by atoms with Crippen molar-refractivity contribution in [3.63, 3.8) is 0 Å². The third-order valence-corrected chi connectivity index (χ3v) is 4.84. The van der Waals surface area contributed by atoms with Crippen LogP contribution in [0.3, 0.4) is 0 Å². The smallest absolute Gasteiger partial charge is 0.417 e. The first-order valence-corrected chi connectivity index (χ1v) is 9.45. The van der Waals surface area contributed by atoms with Crippen molar-refractivity contribution in [1.82, 2.24) is 19.5 Å². The molecule has 1 aromatic carbocycles. The number of ether oxygens (including phenoxy) is 1. The molecule has 0 aliphatic heterocycles. The zero-order valence-electron chi connectivity index (χ0n) is 16.6. The molecule has 0 aliphatic carbocycles. The van der Waals surface area contributed by atoms with Gasteiger partial charge in [0.1, 0.15) is 29.1 Å². The van der Waals surface area contributed by atoms with Crippen LogP contribution >= 0.6 is 0 Å². The van der Waals surface area contributed by atoms with E-state index in [-0.39, 0.29) is 23.0 Å². The molecule has 1 atom stereocenters. The summed E-state index contributed by atoms with van der Waals surface area (Å²) in [7, 11) is 1.33. The Morgan fingerprint density at radius 1 is 1.24 bits per heavy atom. The summed E-state index contributed by atoms with van der Waals surface area (Å²) in [5.41, 5.74) is 0.136. The quantitative estimate of drug-likeness (QED) is 0.480. The summed E-state index contributed by atoms with van der Waals surface area (Å²) in [4.78, 5) is 13.1. The molecule has 3 aromatic rings. The minimum atomic E-state index is -4.57. The number of fused-ring (bicyclic) bond motifs is 1. The Bertz CT molecular complexity index is 1030. The number of nitrogens with zero attached hydrogens (tertiary/aromatic N) is 4. The third-order valence-electron chi connectivity index (χ3n) is 4.84. The molecular formula is C21H23F3N4O. The number of allylic oxidation sites excluding steroid dienone is 1. The first-order valence-electron chi connectivity index (χ1n) is 9.45. The van der Waals surface area contributed by atoms with E-state index in [0.29, 0.717) is 17.6 Å². The van der Waals surface area contributed by atoms with Crippen molar-refractivity contribution in [1.29, 1.82) is 0 Å². The topological polar surface area (TPSA) is 52.8 Å². The van der Waals surface area contributed by atoms with Crippen LogP contribution in [0.5, 0.6) is 5.75 Å². The number of alkyl halides is 3. The van der Waals surface area contributed by atoms with Gasteiger partial charge in [-0.3, -0.25) is 0 Å². The third kappa shape index (κ3) is 3.83. The number of halogens is 3. The van der Waals surface area contributed by atoms with Gasteiger partial charge in [-0.2, -0.15) is 13.2 Å². The number of aromatic nitrogens is 4. The van der Waals surface area contributed by atoms with Gasteiger partial charge in [0, 0.05) is 12.0 Å². The first kappa shape index (κ1) is 20.8. The summed E-state index contributed by atoms with van der Waals surface area (Å²) in [5, 5.41) is 0. The summed E-state index contributed by atoms with van der Waals surface area (Å²) in [6.45, 7) is 7.92. The number of hydrogen-bond donors (Lipinski definition) is 0. The van der Waals surface area contributed by atoms with Crippen LogP contribution in [0.4, 0.5) is 13.2 Å². The van der Waals surface area contributed by atoms with E-state index in [2.05, 4.69) is 28.5 Å². The van der Waals surface area contributed by atoms with Crippen molar-refractivity contribution in [2.45, 2.75) is 45.3 Å². The standard InChI is InChI=1S/C21H23F3N4O/c1-5-8-13(6-2)28-17(7-3)27-19-18(25-12-26-20(19)28)15-10-9-14(29-4)11-16(15)21(22,23)24/h6,9-13H,2,5,7-8H2,1,3-4H3. The van der Waals surface area contributed by atoms with Crippen LogP contribution in [-0.2, 0) is 12.6 Å². The van der Waals surface area contributed by atoms with Crippen LogP contribution < -0.4 is 4.74 Å². The molecule has 0 saturated heterocycles. The molecule has 8 heteroatoms. The molecule has 154 valence electrons. The van der Waals surface area contributed by atoms with E-state index in [1.807, 2.05) is 17.6 Å². The summed E-state index contributed by atoms with van der Waals surface area (Å²) in [5.74, 6) is 0.864. The van der Waals surface area contributed by atoms with Crippen molar-refractivity contribution >= 4 is 11.2 Å². The molecule has 29 heavy (non-hydrogen) atoms. The fourth-order valence-electron chi connectivity index (χ4n) is 3.49. The van der Waals surface area contributed by atoms with Crippen molar-refractivity contribution in [2.75, 3.05) is 7.11 Å². The Labute approximate surface area is 167 Å². The molecule has 1 unspecified atom stereocenters. The van der Waals surface area contributed by atoms with Gasteiger partial charge in [0.05, 0.1) is 18.7 Å². The van der Waals surface area contributed by atoms with Crippen LogP contribution in [0, 0.1) is 0 Å². The van der Waals surface area contributed by atoms with E-state index >= 15 is 0 Å². The predicted octanol–water partition coefficient (Wildman–Crippen LogP) is 5.61. The van der Waals surface area contributed by atoms with Crippen molar-refractivity contribution in [2.24, 2.45) is 0 Å². The lowest BCUT2D eigenvalue weighted by atomic mass is 10.0. The molecule has 2 heterocycles. The highest BCUT2D eigenvalue weighted by Crippen LogP contribution is 2.40. The summed E-state index contributed by atoms with van der Waals surface area (Å²) in [6.07, 6.45) is 0.902. The van der Waals surface area contributed by atoms with Gasteiger partial charge in [0.2, 0.25) is 0 Å². The lowest BCUT2D eigenvalue weighted by Gasteiger charge is -2.17. The van der Waals surface area contributed by atoms with Gasteiger partial charge in [-0.05, 0) is 24.6 Å². The first-order chi connectivity index (χ1) is 13.8. The molecule has 5 nitrogen and oxygen atoms in total. The lowest BCUT2D eigenvalue weighted by Crippen LogP contribution is -2.10. The zero-order chi connectivity index (χ0) is 21.2. The van der Waals surface area contributed by atoms with Gasteiger partial charge < -0.3 is 9.30 Å². The number of aryl methyl sites for hydroxylation is 1. The Hall–Kier alpha value is -2.90. The van der Waals surface area contributed by atoms with Crippen molar-refractivity contribution in [3.8, 4) is 17.0 Å². The summed E-state index contributed by atoms with van der Waals surface area (Å²) >= 11 is 0. The summed E-state index contributed by atoms with van der Waals surface area (Å²) in [6, 6.07) is 3.79. The largest absolute Gasteiger partial charge is 0.497 e. The minimum absolute atomic E-state index is 0.0411. The van der Waals surface area contributed by atoms with E-state index < -0.39 is 11.7 Å². The van der Waals surface area contributed by atoms with E-state index in [4.69, 9.17) is 4.74 Å². The molecule has 3 rings (SSSR count). The molecule has 0 N–H and O–H groups in total. The fourth-order valence-corrected chi connectivity index (χ4v) is 3.49. The number of methoxy groups -OCH3 is 1. The molecular weight excluding hydrogens is 381 g/mol. The Morgan fingerprint density at radius 2 is 2.00 bits per heavy atom. The second-order valence-corrected chi connectivity index (χ2v) is 6.65. The average molecular weight is 404 g/mol. The maximum absolute atomic E-state index is 13.7. The van der Waals surface area contributed by atoms with Crippen LogP contribution in [-0.4, -0.2) is 26.6 Å². The molecule has 0 aliphatic rings. The Morgan fingerprint density at radius 3 is 2.59 bits per heavy atom. The lowest BCUT2D eigenvalue weighted by molar-refractivity contribution is -0.137. The Kier molecular flexibility index (Phi) is 5.91. The molecule has 0 amide bonds. The monoisotopic (exact) mass is 404 g/mol. The van der Waals surface area contributed by atoms with Gasteiger partial charge >= 0.3 is 6.18 Å². The van der Waals surface area contributed by atoms with Crippen LogP contribution in [0.1, 0.15) is 44.1 Å². The molecule has 0 bridgehead atoms. The molecule has 0 radical (unpaired) electrons. The van der Waals surface area contributed by atoms with Gasteiger partial charge in [-0.15, -0.1) is 6.58 Å². The maximum Gasteiger partial charge on any atom is 0.417 e. The van der Waals surface area contributed by atoms with E-state index in [0.717, 1.165) is 24.7 Å². The highest BCUT2D eigenvalue weighted by Gasteiger charge is 2.35. The van der Waals surface area contributed by atoms with Crippen molar-refractivity contribution in [3.05, 3.63) is 48.6 Å². The van der Waals surface area contributed by atoms with Gasteiger partial charge in [-0.1, -0.05) is 26.3 Å². The fraction of sp³-hybridized carbons (Fsp3) is 0.381. The van der Waals surface area contributed by atoms with Crippen LogP contribution in [0.15, 0.2) is 37.2 Å². The second kappa shape index (κ2) is 8.23. The highest BCUT2D eigenvalue weighted by atomic mass is 19.4. The van der Waals surface area contributed by atoms with Gasteiger partial charge in [0.15, 0.2) is 5.65 Å². The molecule has 2 aromatic heterocycles. The van der Waals surface area contributed by atoms with E-state index in [1.54, 1.807) is 0 Å². The van der Waals surface area contributed by atoms with Gasteiger partial charge in [-0.25, -0.2) is 15.0 Å². The zero-order valence-corrected chi connectivity index (χ0v) is 16.6. The van der Waals surface area contributed by atoms with Crippen molar-refractivity contribution < 1.29 is 17.9 Å². The highest BCUT2D eigenvalue weighted by molar-refractivity contribution is 5.89. The number of benzene rings is 1. The minimum Gasteiger partial charge on any atom is -0.497 e. The predicted molar refractivity (Wildman–Crippen MR) is 106 cm³/mol. The summed E-state index contributed by atoms with van der Waals surface area (Å²) < 4.78 is 48.2. The molecule has 0 fully saturated rings. The number of imidazole rings is 1. The van der Waals surface area contributed by atoms with Gasteiger partial charge in [0.25, 0.3) is 0 Å². The number of rotatable bonds is 7.